The number of hydrogen-bond acceptors (Lipinski definition) is 6. The molecule has 2 aromatic heterocycles. The van der Waals surface area contributed by atoms with E-state index in [9.17, 15) is 8.78 Å². The Bertz CT molecular complexity index is 716. The molecule has 0 aliphatic heterocycles. The summed E-state index contributed by atoms with van der Waals surface area (Å²) in [7, 11) is -1.23. The van der Waals surface area contributed by atoms with Crippen LogP contribution in [0, 0.1) is 0 Å². The Morgan fingerprint density at radius 1 is 1.19 bits per heavy atom. The molecule has 2 heterocycles. The lowest BCUT2D eigenvalue weighted by Gasteiger charge is -2.16. The van der Waals surface area contributed by atoms with Gasteiger partial charge in [0.15, 0.2) is 12.4 Å². The first-order valence-corrected chi connectivity index (χ1v) is 12.5. The summed E-state index contributed by atoms with van der Waals surface area (Å²) in [5.41, 5.74) is 0. The van der Waals surface area contributed by atoms with Gasteiger partial charge in [0.25, 0.3) is 5.92 Å². The largest absolute Gasteiger partial charge is 0.457 e. The zero-order valence-corrected chi connectivity index (χ0v) is 17.8. The van der Waals surface area contributed by atoms with Gasteiger partial charge in [0.05, 0.1) is 4.47 Å². The van der Waals surface area contributed by atoms with Crippen LogP contribution in [0.25, 0.3) is 11.6 Å². The van der Waals surface area contributed by atoms with Crippen molar-refractivity contribution in [3.8, 4) is 17.7 Å². The fourth-order valence-corrected chi connectivity index (χ4v) is 2.72. The molecule has 144 valence electrons. The van der Waals surface area contributed by atoms with Gasteiger partial charge < -0.3 is 9.47 Å². The van der Waals surface area contributed by atoms with Gasteiger partial charge in [-0.2, -0.15) is 9.67 Å². The van der Waals surface area contributed by atoms with Crippen LogP contribution in [-0.2, 0) is 11.5 Å². The van der Waals surface area contributed by atoms with Crippen molar-refractivity contribution >= 4 is 24.0 Å². The van der Waals surface area contributed by atoms with Gasteiger partial charge in [0.2, 0.25) is 5.82 Å². The monoisotopic (exact) mass is 449 g/mol. The van der Waals surface area contributed by atoms with Crippen molar-refractivity contribution in [2.75, 3.05) is 13.2 Å². The molecule has 0 unspecified atom stereocenters. The molecule has 7 nitrogen and oxygen atoms in total. The minimum absolute atomic E-state index is 0.0542. The first-order valence-electron chi connectivity index (χ1n) is 8.05. The molecule has 11 heteroatoms. The SMILES string of the molecule is CC(F)(F)COc1nc(-c2ncc(Br)cn2)nn1COCC[Si](C)(C)C. The molecular formula is C15H22BrF2N5O2Si. The van der Waals surface area contributed by atoms with Crippen LogP contribution < -0.4 is 4.74 Å². The molecule has 0 aliphatic carbocycles. The summed E-state index contributed by atoms with van der Waals surface area (Å²) >= 11 is 3.25. The summed E-state index contributed by atoms with van der Waals surface area (Å²) in [6, 6.07) is 0.925. The van der Waals surface area contributed by atoms with Gasteiger partial charge in [0, 0.05) is 34.0 Å². The van der Waals surface area contributed by atoms with Crippen LogP contribution in [0.5, 0.6) is 6.01 Å². The number of rotatable bonds is 9. The summed E-state index contributed by atoms with van der Waals surface area (Å²) in [5.74, 6) is -2.54. The van der Waals surface area contributed by atoms with Crippen LogP contribution in [0.15, 0.2) is 16.9 Å². The van der Waals surface area contributed by atoms with Crippen molar-refractivity contribution in [2.45, 2.75) is 45.3 Å². The van der Waals surface area contributed by atoms with E-state index in [-0.39, 0.29) is 24.4 Å². The Hall–Kier alpha value is -1.46. The molecule has 0 radical (unpaired) electrons. The zero-order chi connectivity index (χ0) is 19.4. The van der Waals surface area contributed by atoms with Crippen molar-refractivity contribution in [1.29, 1.82) is 0 Å². The van der Waals surface area contributed by atoms with Crippen molar-refractivity contribution < 1.29 is 18.3 Å². The van der Waals surface area contributed by atoms with E-state index in [1.807, 2.05) is 0 Å². The summed E-state index contributed by atoms with van der Waals surface area (Å²) in [6.07, 6.45) is 3.10. The van der Waals surface area contributed by atoms with Crippen molar-refractivity contribution in [2.24, 2.45) is 0 Å². The number of nitrogens with zero attached hydrogens (tertiary/aromatic N) is 5. The van der Waals surface area contributed by atoms with Crippen LogP contribution >= 0.6 is 15.9 Å². The van der Waals surface area contributed by atoms with Gasteiger partial charge in [-0.25, -0.2) is 18.7 Å². The molecule has 0 aliphatic rings. The van der Waals surface area contributed by atoms with Gasteiger partial charge in [-0.15, -0.1) is 5.10 Å². The Kier molecular flexibility index (Phi) is 6.80. The van der Waals surface area contributed by atoms with Gasteiger partial charge in [-0.1, -0.05) is 19.6 Å². The predicted octanol–water partition coefficient (Wildman–Crippen LogP) is 3.84. The van der Waals surface area contributed by atoms with Crippen LogP contribution in [0.3, 0.4) is 0 Å². The standard InChI is InChI=1S/C15H22BrF2N5O2Si/c1-15(17,18)9-25-14-21-13(12-19-7-11(16)8-20-12)22-23(14)10-24-5-6-26(2,3)4/h7-8H,5-6,9-10H2,1-4H3. The summed E-state index contributed by atoms with van der Waals surface area (Å²) < 4.78 is 39.0. The highest BCUT2D eigenvalue weighted by molar-refractivity contribution is 9.10. The Balaban J connectivity index is 2.13. The minimum atomic E-state index is -2.98. The Morgan fingerprint density at radius 2 is 1.85 bits per heavy atom. The lowest BCUT2D eigenvalue weighted by Crippen LogP contribution is -2.23. The van der Waals surface area contributed by atoms with Crippen LogP contribution in [-0.4, -0.2) is 51.9 Å². The van der Waals surface area contributed by atoms with Gasteiger partial charge in [-0.05, 0) is 22.0 Å². The van der Waals surface area contributed by atoms with E-state index in [2.05, 4.69) is 55.6 Å². The second kappa shape index (κ2) is 8.48. The maximum atomic E-state index is 13.1. The topological polar surface area (TPSA) is 75.0 Å². The van der Waals surface area contributed by atoms with E-state index >= 15 is 0 Å². The number of alkyl halides is 2. The van der Waals surface area contributed by atoms with Crippen LogP contribution in [0.1, 0.15) is 6.92 Å². The lowest BCUT2D eigenvalue weighted by atomic mass is 10.4. The first kappa shape index (κ1) is 20.8. The molecule has 2 aromatic rings. The van der Waals surface area contributed by atoms with E-state index in [4.69, 9.17) is 9.47 Å². The average molecular weight is 450 g/mol. The molecule has 0 fully saturated rings. The highest BCUT2D eigenvalue weighted by Crippen LogP contribution is 2.20. The van der Waals surface area contributed by atoms with Crippen molar-refractivity contribution in [3.05, 3.63) is 16.9 Å². The highest BCUT2D eigenvalue weighted by Gasteiger charge is 2.25. The number of aromatic nitrogens is 5. The molecule has 0 saturated carbocycles. The van der Waals surface area contributed by atoms with E-state index < -0.39 is 20.6 Å². The molecule has 2 rings (SSSR count). The molecule has 0 amide bonds. The third-order valence-corrected chi connectivity index (χ3v) is 5.24. The maximum absolute atomic E-state index is 13.1. The van der Waals surface area contributed by atoms with Gasteiger partial charge >= 0.3 is 6.01 Å². The van der Waals surface area contributed by atoms with E-state index in [0.29, 0.717) is 11.1 Å². The zero-order valence-electron chi connectivity index (χ0n) is 15.2. The number of hydrogen-bond donors (Lipinski definition) is 0. The summed E-state index contributed by atoms with van der Waals surface area (Å²) in [6.45, 7) is 7.31. The minimum Gasteiger partial charge on any atom is -0.457 e. The second-order valence-electron chi connectivity index (χ2n) is 7.15. The second-order valence-corrected chi connectivity index (χ2v) is 13.7. The molecule has 0 atom stereocenters. The lowest BCUT2D eigenvalue weighted by molar-refractivity contribution is -0.0298. The summed E-state index contributed by atoms with van der Waals surface area (Å²) in [5, 5.41) is 4.23. The molecular weight excluding hydrogens is 428 g/mol. The number of ether oxygens (including phenoxy) is 2. The van der Waals surface area contributed by atoms with Gasteiger partial charge in [0.1, 0.15) is 6.73 Å². The number of halogens is 3. The molecule has 0 bridgehead atoms. The van der Waals surface area contributed by atoms with Crippen LogP contribution in [0.2, 0.25) is 25.7 Å². The normalized spacial score (nSPS) is 12.4. The van der Waals surface area contributed by atoms with Crippen molar-refractivity contribution in [3.63, 3.8) is 0 Å². The maximum Gasteiger partial charge on any atom is 0.317 e. The third kappa shape index (κ3) is 7.04. The molecule has 0 spiro atoms. The quantitative estimate of drug-likeness (QED) is 0.427. The Morgan fingerprint density at radius 3 is 2.42 bits per heavy atom. The van der Waals surface area contributed by atoms with Gasteiger partial charge in [-0.3, -0.25) is 0 Å². The fraction of sp³-hybridized carbons (Fsp3) is 0.600. The molecule has 26 heavy (non-hydrogen) atoms. The van der Waals surface area contributed by atoms with Crippen molar-refractivity contribution in [1.82, 2.24) is 24.7 Å². The molecule has 0 saturated heterocycles. The molecule has 0 N–H and O–H groups in total. The first-order chi connectivity index (χ1) is 12.0. The third-order valence-electron chi connectivity index (χ3n) is 3.12. The summed E-state index contributed by atoms with van der Waals surface area (Å²) in [4.78, 5) is 12.3. The van der Waals surface area contributed by atoms with E-state index in [1.54, 1.807) is 12.4 Å². The Labute approximate surface area is 160 Å². The van der Waals surface area contributed by atoms with E-state index in [0.717, 1.165) is 13.0 Å². The molecule has 0 aromatic carbocycles. The fourth-order valence-electron chi connectivity index (χ4n) is 1.76. The highest BCUT2D eigenvalue weighted by atomic mass is 79.9. The smallest absolute Gasteiger partial charge is 0.317 e. The predicted molar refractivity (Wildman–Crippen MR) is 99.0 cm³/mol. The average Bonchev–Trinajstić information content (AvgIpc) is 2.92. The van der Waals surface area contributed by atoms with Crippen LogP contribution in [0.4, 0.5) is 8.78 Å². The van der Waals surface area contributed by atoms with E-state index in [1.165, 1.54) is 4.68 Å².